The summed E-state index contributed by atoms with van der Waals surface area (Å²) in [6, 6.07) is 14.4. The van der Waals surface area contributed by atoms with Gasteiger partial charge in [0.25, 0.3) is 10.0 Å². The topological polar surface area (TPSA) is 86.8 Å². The molecule has 0 bridgehead atoms. The SMILES string of the molecule is CC[C@@H](C(=O)NC1CCCC1)N(Cc1ccc(Cl)cc1Cl)C(=O)CN(c1cccc(C(F)(F)F)c1)S(=O)(=O)c1ccccc1. The molecule has 0 aromatic heterocycles. The van der Waals surface area contributed by atoms with Gasteiger partial charge in [0.05, 0.1) is 16.1 Å². The summed E-state index contributed by atoms with van der Waals surface area (Å²) in [6.45, 7) is 0.665. The number of benzene rings is 3. The zero-order chi connectivity index (χ0) is 32.1. The number of hydrogen-bond donors (Lipinski definition) is 1. The zero-order valence-corrected chi connectivity index (χ0v) is 26.2. The van der Waals surface area contributed by atoms with E-state index >= 15 is 0 Å². The van der Waals surface area contributed by atoms with Gasteiger partial charge < -0.3 is 10.2 Å². The van der Waals surface area contributed by atoms with Crippen LogP contribution in [0.1, 0.15) is 50.2 Å². The van der Waals surface area contributed by atoms with E-state index in [-0.39, 0.29) is 34.6 Å². The molecule has 0 unspecified atom stereocenters. The highest BCUT2D eigenvalue weighted by Gasteiger charge is 2.36. The number of alkyl halides is 3. The molecular formula is C31H32Cl2F3N3O4S. The van der Waals surface area contributed by atoms with Crippen LogP contribution in [-0.4, -0.2) is 43.8 Å². The minimum absolute atomic E-state index is 0.0484. The van der Waals surface area contributed by atoms with Crippen molar-refractivity contribution in [1.82, 2.24) is 10.2 Å². The molecule has 0 radical (unpaired) electrons. The second kappa shape index (κ2) is 14.2. The van der Waals surface area contributed by atoms with Crippen molar-refractivity contribution in [1.29, 1.82) is 0 Å². The number of nitrogens with one attached hydrogen (secondary N) is 1. The number of carbonyl (C=O) groups excluding carboxylic acids is 2. The number of nitrogens with zero attached hydrogens (tertiary/aromatic N) is 2. The van der Waals surface area contributed by atoms with Crippen LogP contribution < -0.4 is 9.62 Å². The van der Waals surface area contributed by atoms with Gasteiger partial charge in [-0.25, -0.2) is 8.42 Å². The van der Waals surface area contributed by atoms with Gasteiger partial charge in [-0.2, -0.15) is 13.2 Å². The Balaban J connectivity index is 1.77. The Morgan fingerprint density at radius 2 is 1.66 bits per heavy atom. The van der Waals surface area contributed by atoms with Gasteiger partial charge in [0.2, 0.25) is 11.8 Å². The number of halogens is 5. The fourth-order valence-corrected chi connectivity index (χ4v) is 7.10. The molecule has 7 nitrogen and oxygen atoms in total. The Hall–Kier alpha value is -3.28. The molecule has 1 fully saturated rings. The lowest BCUT2D eigenvalue weighted by Crippen LogP contribution is -2.53. The van der Waals surface area contributed by atoms with Crippen LogP contribution in [0.5, 0.6) is 0 Å². The van der Waals surface area contributed by atoms with Crippen molar-refractivity contribution >= 4 is 50.7 Å². The maximum absolute atomic E-state index is 14.2. The summed E-state index contributed by atoms with van der Waals surface area (Å²) in [6.07, 6.45) is -1.03. The monoisotopic (exact) mass is 669 g/mol. The molecule has 13 heteroatoms. The van der Waals surface area contributed by atoms with Gasteiger partial charge in [0, 0.05) is 22.6 Å². The van der Waals surface area contributed by atoms with Crippen LogP contribution in [-0.2, 0) is 32.3 Å². The summed E-state index contributed by atoms with van der Waals surface area (Å²) in [5.74, 6) is -1.21. The minimum atomic E-state index is -4.76. The Morgan fingerprint density at radius 1 is 0.977 bits per heavy atom. The summed E-state index contributed by atoms with van der Waals surface area (Å²) in [7, 11) is -4.53. The molecule has 0 saturated heterocycles. The molecule has 0 aliphatic heterocycles. The first-order chi connectivity index (χ1) is 20.8. The van der Waals surface area contributed by atoms with Crippen molar-refractivity contribution < 1.29 is 31.2 Å². The van der Waals surface area contributed by atoms with Gasteiger partial charge in [0.1, 0.15) is 12.6 Å². The number of anilines is 1. The van der Waals surface area contributed by atoms with Crippen LogP contribution in [0.4, 0.5) is 18.9 Å². The molecule has 4 rings (SSSR count). The molecule has 3 aromatic carbocycles. The molecule has 1 atom stereocenters. The molecule has 3 aromatic rings. The molecule has 2 amide bonds. The maximum atomic E-state index is 14.2. The van der Waals surface area contributed by atoms with Gasteiger partial charge >= 0.3 is 6.18 Å². The van der Waals surface area contributed by atoms with Gasteiger partial charge in [-0.3, -0.25) is 13.9 Å². The van der Waals surface area contributed by atoms with Crippen molar-refractivity contribution in [3.05, 3.63) is 94.0 Å². The van der Waals surface area contributed by atoms with E-state index in [1.165, 1.54) is 41.3 Å². The van der Waals surface area contributed by atoms with E-state index in [0.717, 1.165) is 37.8 Å². The summed E-state index contributed by atoms with van der Waals surface area (Å²) in [5.41, 5.74) is -0.985. The van der Waals surface area contributed by atoms with Gasteiger partial charge in [-0.05, 0) is 67.3 Å². The molecular weight excluding hydrogens is 638 g/mol. The van der Waals surface area contributed by atoms with Crippen LogP contribution in [0.25, 0.3) is 0 Å². The van der Waals surface area contributed by atoms with E-state index < -0.39 is 46.2 Å². The average Bonchev–Trinajstić information content (AvgIpc) is 3.49. The average molecular weight is 671 g/mol. The molecule has 44 heavy (non-hydrogen) atoms. The van der Waals surface area contributed by atoms with E-state index in [1.807, 2.05) is 0 Å². The first-order valence-electron chi connectivity index (χ1n) is 14.1. The van der Waals surface area contributed by atoms with Crippen LogP contribution in [0.15, 0.2) is 77.7 Å². The summed E-state index contributed by atoms with van der Waals surface area (Å²) in [5, 5.41) is 3.58. The quantitative estimate of drug-likeness (QED) is 0.237. The van der Waals surface area contributed by atoms with E-state index in [2.05, 4.69) is 5.32 Å². The van der Waals surface area contributed by atoms with Crippen molar-refractivity contribution in [3.8, 4) is 0 Å². The third-order valence-electron chi connectivity index (χ3n) is 7.51. The summed E-state index contributed by atoms with van der Waals surface area (Å²) >= 11 is 12.5. The highest BCUT2D eigenvalue weighted by Crippen LogP contribution is 2.34. The van der Waals surface area contributed by atoms with Crippen molar-refractivity contribution in [2.45, 2.75) is 68.7 Å². The molecule has 0 heterocycles. The highest BCUT2D eigenvalue weighted by atomic mass is 35.5. The second-order valence-corrected chi connectivity index (χ2v) is 13.3. The van der Waals surface area contributed by atoms with Gasteiger partial charge in [-0.1, -0.05) is 73.3 Å². The smallest absolute Gasteiger partial charge is 0.352 e. The largest absolute Gasteiger partial charge is 0.416 e. The van der Waals surface area contributed by atoms with Gasteiger partial charge in [0.15, 0.2) is 0 Å². The Morgan fingerprint density at radius 3 is 2.27 bits per heavy atom. The number of rotatable bonds is 11. The van der Waals surface area contributed by atoms with Crippen LogP contribution in [0, 0.1) is 0 Å². The highest BCUT2D eigenvalue weighted by molar-refractivity contribution is 7.92. The van der Waals surface area contributed by atoms with E-state index in [4.69, 9.17) is 23.2 Å². The van der Waals surface area contributed by atoms with Crippen molar-refractivity contribution in [2.24, 2.45) is 0 Å². The Bertz CT molecular complexity index is 1580. The first kappa shape index (κ1) is 33.6. The van der Waals surface area contributed by atoms with Crippen LogP contribution in [0.3, 0.4) is 0 Å². The van der Waals surface area contributed by atoms with Crippen molar-refractivity contribution in [2.75, 3.05) is 10.8 Å². The Labute approximate surface area is 265 Å². The number of sulfonamides is 1. The maximum Gasteiger partial charge on any atom is 0.416 e. The van der Waals surface area contributed by atoms with E-state index in [1.54, 1.807) is 25.1 Å². The van der Waals surface area contributed by atoms with Crippen LogP contribution in [0.2, 0.25) is 10.0 Å². The predicted octanol–water partition coefficient (Wildman–Crippen LogP) is 7.07. The third-order valence-corrected chi connectivity index (χ3v) is 9.89. The number of carbonyl (C=O) groups is 2. The predicted molar refractivity (Wildman–Crippen MR) is 164 cm³/mol. The van der Waals surface area contributed by atoms with Gasteiger partial charge in [-0.15, -0.1) is 0 Å². The first-order valence-corrected chi connectivity index (χ1v) is 16.3. The third kappa shape index (κ3) is 8.05. The fourth-order valence-electron chi connectivity index (χ4n) is 5.21. The van der Waals surface area contributed by atoms with E-state index in [9.17, 15) is 31.2 Å². The lowest BCUT2D eigenvalue weighted by Gasteiger charge is -2.34. The fraction of sp³-hybridized carbons (Fsp3) is 0.355. The summed E-state index contributed by atoms with van der Waals surface area (Å²) < 4.78 is 69.3. The molecule has 236 valence electrons. The normalized spacial score (nSPS) is 14.7. The lowest BCUT2D eigenvalue weighted by molar-refractivity contribution is -0.140. The van der Waals surface area contributed by atoms with E-state index in [0.29, 0.717) is 21.0 Å². The molecule has 1 aliphatic carbocycles. The molecule has 0 spiro atoms. The lowest BCUT2D eigenvalue weighted by atomic mass is 10.1. The number of amides is 2. The van der Waals surface area contributed by atoms with Crippen LogP contribution >= 0.6 is 23.2 Å². The molecule has 1 N–H and O–H groups in total. The standard InChI is InChI=1S/C31H32Cl2F3N3O4S/c1-2-28(30(41)37-24-10-6-7-11-24)38(19-21-15-16-23(32)18-27(21)33)29(40)20-39(44(42,43)26-13-4-3-5-14-26)25-12-8-9-22(17-25)31(34,35)36/h3-5,8-9,12-18,24,28H,2,6-7,10-11,19-20H2,1H3,(H,37,41)/t28-/m0/s1. The summed E-state index contributed by atoms with van der Waals surface area (Å²) in [4.78, 5) is 28.7. The molecule has 1 aliphatic rings. The zero-order valence-electron chi connectivity index (χ0n) is 23.9. The van der Waals surface area contributed by atoms with Crippen molar-refractivity contribution in [3.63, 3.8) is 0 Å². The number of hydrogen-bond acceptors (Lipinski definition) is 4. The Kier molecular flexibility index (Phi) is 10.9. The molecule has 1 saturated carbocycles. The minimum Gasteiger partial charge on any atom is -0.352 e. The second-order valence-electron chi connectivity index (χ2n) is 10.5.